The van der Waals surface area contributed by atoms with Gasteiger partial charge < -0.3 is 15.0 Å². The second-order valence-electron chi connectivity index (χ2n) is 6.42. The van der Waals surface area contributed by atoms with Crippen LogP contribution < -0.4 is 5.32 Å². The lowest BCUT2D eigenvalue weighted by molar-refractivity contribution is 0.0915. The minimum absolute atomic E-state index is 0.0671. The van der Waals surface area contributed by atoms with Crippen LogP contribution in [-0.2, 0) is 10.2 Å². The second-order valence-corrected chi connectivity index (χ2v) is 6.42. The molecular weight excluding hydrogens is 268 g/mol. The maximum Gasteiger partial charge on any atom is 0.410 e. The van der Waals surface area contributed by atoms with Crippen LogP contribution in [-0.4, -0.2) is 43.1 Å². The van der Waals surface area contributed by atoms with Crippen molar-refractivity contribution >= 4 is 12.0 Å². The van der Waals surface area contributed by atoms with E-state index in [1.165, 1.54) is 10.5 Å². The molecule has 0 spiro atoms. The Kier molecular flexibility index (Phi) is 4.21. The van der Waals surface area contributed by atoms with Gasteiger partial charge in [0.1, 0.15) is 6.10 Å². The molecule has 2 amide bonds. The minimum Gasteiger partial charge on any atom is -0.442 e. The molecule has 1 unspecified atom stereocenters. The predicted octanol–water partition coefficient (Wildman–Crippen LogP) is 2.16. The van der Waals surface area contributed by atoms with Crippen LogP contribution in [0, 0.1) is 0 Å². The van der Waals surface area contributed by atoms with Gasteiger partial charge in [0, 0.05) is 12.6 Å². The number of nitrogens with zero attached hydrogens (tertiary/aromatic N) is 1. The molecule has 1 fully saturated rings. The summed E-state index contributed by atoms with van der Waals surface area (Å²) in [5, 5.41) is 2.80. The number of likely N-dealkylation sites (N-methyl/N-ethyl adjacent to an activating group) is 1. The number of carbonyl (C=O) groups is 2. The first-order chi connectivity index (χ1) is 9.77. The topological polar surface area (TPSA) is 58.6 Å². The van der Waals surface area contributed by atoms with Crippen molar-refractivity contribution in [1.29, 1.82) is 0 Å². The normalized spacial score (nSPS) is 18.6. The number of cyclic esters (lactones) is 1. The van der Waals surface area contributed by atoms with E-state index >= 15 is 0 Å². The molecule has 21 heavy (non-hydrogen) atoms. The standard InChI is InChI=1S/C16H22N2O3/c1-16(2,3)12-7-5-11(6-8-12)14(19)17-9-13-10-18(4)15(20)21-13/h5-8,13H,9-10H2,1-4H3,(H,17,19). The Bertz CT molecular complexity index is 531. The van der Waals surface area contributed by atoms with E-state index in [9.17, 15) is 9.59 Å². The molecule has 1 N–H and O–H groups in total. The van der Waals surface area contributed by atoms with Gasteiger partial charge in [-0.25, -0.2) is 4.79 Å². The molecule has 1 aliphatic heterocycles. The Morgan fingerprint density at radius 3 is 2.43 bits per heavy atom. The van der Waals surface area contributed by atoms with Crippen LogP contribution in [0.2, 0.25) is 0 Å². The molecule has 1 aromatic carbocycles. The number of hydrogen-bond acceptors (Lipinski definition) is 3. The number of ether oxygens (including phenoxy) is 1. The number of rotatable bonds is 3. The zero-order valence-electron chi connectivity index (χ0n) is 13.0. The molecule has 1 atom stereocenters. The smallest absolute Gasteiger partial charge is 0.410 e. The van der Waals surface area contributed by atoms with Crippen LogP contribution in [0.15, 0.2) is 24.3 Å². The molecule has 1 aromatic rings. The Labute approximate surface area is 125 Å². The van der Waals surface area contributed by atoms with Crippen LogP contribution in [0.4, 0.5) is 4.79 Å². The summed E-state index contributed by atoms with van der Waals surface area (Å²) in [6.45, 7) is 7.23. The van der Waals surface area contributed by atoms with Gasteiger partial charge in [-0.2, -0.15) is 0 Å². The SMILES string of the molecule is CN1CC(CNC(=O)c2ccc(C(C)(C)C)cc2)OC1=O. The van der Waals surface area contributed by atoms with Crippen LogP contribution in [0.5, 0.6) is 0 Å². The lowest BCUT2D eigenvalue weighted by atomic mass is 9.87. The lowest BCUT2D eigenvalue weighted by Gasteiger charge is -2.19. The van der Waals surface area contributed by atoms with Gasteiger partial charge in [0.15, 0.2) is 0 Å². The zero-order valence-corrected chi connectivity index (χ0v) is 13.0. The summed E-state index contributed by atoms with van der Waals surface area (Å²) >= 11 is 0. The quantitative estimate of drug-likeness (QED) is 0.928. The number of carbonyl (C=O) groups excluding carboxylic acids is 2. The summed E-state index contributed by atoms with van der Waals surface area (Å²) in [6.07, 6.45) is -0.621. The van der Waals surface area contributed by atoms with E-state index in [4.69, 9.17) is 4.74 Å². The van der Waals surface area contributed by atoms with Crippen LogP contribution in [0.1, 0.15) is 36.7 Å². The summed E-state index contributed by atoms with van der Waals surface area (Å²) in [6, 6.07) is 7.59. The average Bonchev–Trinajstić information content (AvgIpc) is 2.74. The molecule has 5 heteroatoms. The van der Waals surface area contributed by atoms with Crippen molar-refractivity contribution in [2.75, 3.05) is 20.1 Å². The Morgan fingerprint density at radius 2 is 1.95 bits per heavy atom. The van der Waals surface area contributed by atoms with Gasteiger partial charge in [-0.3, -0.25) is 4.79 Å². The largest absolute Gasteiger partial charge is 0.442 e. The van der Waals surface area contributed by atoms with Gasteiger partial charge in [-0.1, -0.05) is 32.9 Å². The van der Waals surface area contributed by atoms with Crippen molar-refractivity contribution in [3.63, 3.8) is 0 Å². The first kappa shape index (κ1) is 15.4. The molecule has 0 aliphatic carbocycles. The van der Waals surface area contributed by atoms with Gasteiger partial charge in [-0.15, -0.1) is 0 Å². The Balaban J connectivity index is 1.90. The van der Waals surface area contributed by atoms with E-state index < -0.39 is 0 Å². The molecule has 1 heterocycles. The monoisotopic (exact) mass is 290 g/mol. The molecule has 1 saturated heterocycles. The molecular formula is C16H22N2O3. The van der Waals surface area contributed by atoms with Crippen molar-refractivity contribution in [2.45, 2.75) is 32.3 Å². The maximum absolute atomic E-state index is 12.1. The summed E-state index contributed by atoms with van der Waals surface area (Å²) in [5.41, 5.74) is 1.86. The van der Waals surface area contributed by atoms with Crippen LogP contribution >= 0.6 is 0 Å². The van der Waals surface area contributed by atoms with Crippen molar-refractivity contribution in [2.24, 2.45) is 0 Å². The summed E-state index contributed by atoms with van der Waals surface area (Å²) in [7, 11) is 1.68. The number of nitrogens with one attached hydrogen (secondary N) is 1. The summed E-state index contributed by atoms with van der Waals surface area (Å²) in [4.78, 5) is 24.8. The third-order valence-electron chi connectivity index (χ3n) is 3.56. The van der Waals surface area contributed by atoms with E-state index in [1.807, 2.05) is 24.3 Å². The van der Waals surface area contributed by atoms with Crippen molar-refractivity contribution in [3.05, 3.63) is 35.4 Å². The highest BCUT2D eigenvalue weighted by Crippen LogP contribution is 2.22. The van der Waals surface area contributed by atoms with Crippen molar-refractivity contribution < 1.29 is 14.3 Å². The van der Waals surface area contributed by atoms with E-state index in [0.29, 0.717) is 18.7 Å². The fraction of sp³-hybridized carbons (Fsp3) is 0.500. The molecule has 2 rings (SSSR count). The van der Waals surface area contributed by atoms with Crippen LogP contribution in [0.25, 0.3) is 0 Å². The third-order valence-corrected chi connectivity index (χ3v) is 3.56. The molecule has 5 nitrogen and oxygen atoms in total. The highest BCUT2D eigenvalue weighted by molar-refractivity contribution is 5.94. The number of hydrogen-bond donors (Lipinski definition) is 1. The molecule has 114 valence electrons. The number of amides is 2. The van der Waals surface area contributed by atoms with E-state index in [0.717, 1.165) is 0 Å². The zero-order chi connectivity index (χ0) is 15.6. The Hall–Kier alpha value is -2.04. The van der Waals surface area contributed by atoms with Crippen molar-refractivity contribution in [1.82, 2.24) is 10.2 Å². The average molecular weight is 290 g/mol. The highest BCUT2D eigenvalue weighted by Gasteiger charge is 2.28. The molecule has 0 radical (unpaired) electrons. The molecule has 1 aliphatic rings. The van der Waals surface area contributed by atoms with E-state index in [2.05, 4.69) is 26.1 Å². The minimum atomic E-state index is -0.344. The fourth-order valence-corrected chi connectivity index (χ4v) is 2.19. The second kappa shape index (κ2) is 5.76. The number of benzene rings is 1. The van der Waals surface area contributed by atoms with Crippen LogP contribution in [0.3, 0.4) is 0 Å². The van der Waals surface area contributed by atoms with Crippen molar-refractivity contribution in [3.8, 4) is 0 Å². The molecule has 0 saturated carbocycles. The van der Waals surface area contributed by atoms with Gasteiger partial charge in [0.25, 0.3) is 5.91 Å². The van der Waals surface area contributed by atoms with E-state index in [1.54, 1.807) is 7.05 Å². The maximum atomic E-state index is 12.1. The molecule has 0 aromatic heterocycles. The first-order valence-electron chi connectivity index (χ1n) is 7.08. The van der Waals surface area contributed by atoms with E-state index in [-0.39, 0.29) is 23.5 Å². The lowest BCUT2D eigenvalue weighted by Crippen LogP contribution is -2.34. The van der Waals surface area contributed by atoms with Gasteiger partial charge in [-0.05, 0) is 23.1 Å². The Morgan fingerprint density at radius 1 is 1.33 bits per heavy atom. The highest BCUT2D eigenvalue weighted by atomic mass is 16.6. The fourth-order valence-electron chi connectivity index (χ4n) is 2.19. The summed E-state index contributed by atoms with van der Waals surface area (Å²) in [5.74, 6) is -0.152. The first-order valence-corrected chi connectivity index (χ1v) is 7.08. The van der Waals surface area contributed by atoms with Gasteiger partial charge >= 0.3 is 6.09 Å². The van der Waals surface area contributed by atoms with Gasteiger partial charge in [0.05, 0.1) is 13.1 Å². The molecule has 0 bridgehead atoms. The third kappa shape index (κ3) is 3.74. The summed E-state index contributed by atoms with van der Waals surface area (Å²) < 4.78 is 5.10. The predicted molar refractivity (Wildman–Crippen MR) is 80.4 cm³/mol. The van der Waals surface area contributed by atoms with Gasteiger partial charge in [0.2, 0.25) is 0 Å².